The zero-order valence-electron chi connectivity index (χ0n) is 8.78. The maximum atomic E-state index is 12.9. The number of carbonyl (C=O) groups is 1. The molecule has 0 radical (unpaired) electrons. The molecule has 0 bridgehead atoms. The quantitative estimate of drug-likeness (QED) is 0.802. The summed E-state index contributed by atoms with van der Waals surface area (Å²) >= 11 is 5.67. The van der Waals surface area contributed by atoms with E-state index in [0.29, 0.717) is 0 Å². The van der Waals surface area contributed by atoms with Gasteiger partial charge in [0.15, 0.2) is 5.82 Å². The predicted octanol–water partition coefficient (Wildman–Crippen LogP) is 1.21. The van der Waals surface area contributed by atoms with Crippen LogP contribution in [0.2, 0.25) is 5.15 Å². The second-order valence-electron chi connectivity index (χ2n) is 3.25. The highest BCUT2D eigenvalue weighted by Crippen LogP contribution is 2.15. The van der Waals surface area contributed by atoms with Gasteiger partial charge in [0.25, 0.3) is 11.5 Å². The van der Waals surface area contributed by atoms with Crippen LogP contribution < -0.4 is 10.9 Å². The largest absolute Gasteiger partial charge is 0.305 e. The number of rotatable bonds is 2. The lowest BCUT2D eigenvalue weighted by Crippen LogP contribution is -2.16. The van der Waals surface area contributed by atoms with E-state index >= 15 is 0 Å². The van der Waals surface area contributed by atoms with Crippen LogP contribution in [0.3, 0.4) is 0 Å². The van der Waals surface area contributed by atoms with Crippen molar-refractivity contribution in [3.8, 4) is 0 Å². The predicted molar refractivity (Wildman–Crippen MR) is 62.0 cm³/mol. The lowest BCUT2D eigenvalue weighted by atomic mass is 10.2. The van der Waals surface area contributed by atoms with Crippen molar-refractivity contribution in [2.24, 2.45) is 0 Å². The molecule has 0 spiro atoms. The fraction of sp³-hybridized carbons (Fsp3) is 0. The minimum Gasteiger partial charge on any atom is -0.305 e. The van der Waals surface area contributed by atoms with E-state index in [9.17, 15) is 14.0 Å². The Hall–Kier alpha value is -2.28. The van der Waals surface area contributed by atoms with E-state index in [4.69, 9.17) is 11.6 Å². The lowest BCUT2D eigenvalue weighted by Gasteiger charge is -2.04. The number of hydrogen-bond acceptors (Lipinski definition) is 4. The molecule has 0 atom stereocenters. The van der Waals surface area contributed by atoms with Crippen molar-refractivity contribution in [3.63, 3.8) is 0 Å². The molecule has 2 rings (SSSR count). The molecular formula is C10H6ClFN4O2. The van der Waals surface area contributed by atoms with Crippen LogP contribution in [0, 0.1) is 5.82 Å². The third-order valence-electron chi connectivity index (χ3n) is 1.97. The molecule has 6 nitrogen and oxygen atoms in total. The second kappa shape index (κ2) is 4.92. The average Bonchev–Trinajstić information content (AvgIpc) is 2.35. The number of carbonyl (C=O) groups excluding carboxylic acids is 1. The standard InChI is InChI=1S/C10H6ClFN4O2/c11-9-6(3-5(12)4-13-9)10(18)14-7-1-2-8(17)16-15-7/h1-4H,(H,16,17)(H,14,15,18). The first-order valence-corrected chi connectivity index (χ1v) is 5.12. The smallest absolute Gasteiger partial charge is 0.264 e. The summed E-state index contributed by atoms with van der Waals surface area (Å²) in [6, 6.07) is 3.45. The maximum absolute atomic E-state index is 12.9. The number of hydrogen-bond donors (Lipinski definition) is 2. The first-order chi connectivity index (χ1) is 8.56. The van der Waals surface area contributed by atoms with Crippen LogP contribution in [0.1, 0.15) is 10.4 Å². The normalized spacial score (nSPS) is 10.1. The van der Waals surface area contributed by atoms with Gasteiger partial charge in [0, 0.05) is 6.07 Å². The third-order valence-corrected chi connectivity index (χ3v) is 2.27. The molecule has 0 unspecified atom stereocenters. The monoisotopic (exact) mass is 268 g/mol. The number of nitrogens with one attached hydrogen (secondary N) is 2. The van der Waals surface area contributed by atoms with Crippen LogP contribution in [0.25, 0.3) is 0 Å². The Morgan fingerprint density at radius 1 is 1.44 bits per heavy atom. The van der Waals surface area contributed by atoms with Gasteiger partial charge in [0.1, 0.15) is 11.0 Å². The maximum Gasteiger partial charge on any atom is 0.264 e. The van der Waals surface area contributed by atoms with Crippen molar-refractivity contribution in [1.29, 1.82) is 0 Å². The second-order valence-corrected chi connectivity index (χ2v) is 3.61. The van der Waals surface area contributed by atoms with Gasteiger partial charge in [-0.3, -0.25) is 9.59 Å². The van der Waals surface area contributed by atoms with Gasteiger partial charge >= 0.3 is 0 Å². The number of halogens is 2. The van der Waals surface area contributed by atoms with E-state index in [1.165, 1.54) is 12.1 Å². The molecule has 1 amide bonds. The van der Waals surface area contributed by atoms with Crippen LogP contribution >= 0.6 is 11.6 Å². The lowest BCUT2D eigenvalue weighted by molar-refractivity contribution is 0.102. The van der Waals surface area contributed by atoms with Gasteiger partial charge in [0.2, 0.25) is 0 Å². The molecule has 0 fully saturated rings. The average molecular weight is 269 g/mol. The highest BCUT2D eigenvalue weighted by molar-refractivity contribution is 6.33. The zero-order valence-corrected chi connectivity index (χ0v) is 9.53. The molecule has 2 aromatic rings. The van der Waals surface area contributed by atoms with Gasteiger partial charge in [-0.25, -0.2) is 14.5 Å². The highest BCUT2D eigenvalue weighted by atomic mass is 35.5. The minimum atomic E-state index is -0.682. The number of aromatic amines is 1. The van der Waals surface area contributed by atoms with Crippen molar-refractivity contribution >= 4 is 23.3 Å². The van der Waals surface area contributed by atoms with Gasteiger partial charge in [0.05, 0.1) is 11.8 Å². The van der Waals surface area contributed by atoms with Crippen LogP contribution in [0.5, 0.6) is 0 Å². The Labute approximate surface area is 105 Å². The van der Waals surface area contributed by atoms with Gasteiger partial charge in [-0.1, -0.05) is 11.6 Å². The van der Waals surface area contributed by atoms with E-state index in [1.54, 1.807) is 0 Å². The van der Waals surface area contributed by atoms with Crippen LogP contribution in [-0.2, 0) is 0 Å². The first kappa shape index (κ1) is 12.2. The fourth-order valence-corrected chi connectivity index (χ4v) is 1.37. The van der Waals surface area contributed by atoms with E-state index in [0.717, 1.165) is 12.3 Å². The topological polar surface area (TPSA) is 87.7 Å². The highest BCUT2D eigenvalue weighted by Gasteiger charge is 2.13. The summed E-state index contributed by atoms with van der Waals surface area (Å²) in [7, 11) is 0. The number of pyridine rings is 1. The van der Waals surface area contributed by atoms with Crippen molar-refractivity contribution in [3.05, 3.63) is 51.3 Å². The molecule has 18 heavy (non-hydrogen) atoms. The molecule has 2 heterocycles. The fourth-order valence-electron chi connectivity index (χ4n) is 1.18. The molecular weight excluding hydrogens is 263 g/mol. The Morgan fingerprint density at radius 3 is 2.89 bits per heavy atom. The molecule has 0 saturated carbocycles. The number of H-pyrrole nitrogens is 1. The van der Waals surface area contributed by atoms with Crippen molar-refractivity contribution in [2.75, 3.05) is 5.32 Å². The van der Waals surface area contributed by atoms with E-state index in [2.05, 4.69) is 20.5 Å². The molecule has 0 aliphatic rings. The van der Waals surface area contributed by atoms with Crippen LogP contribution in [-0.4, -0.2) is 21.1 Å². The number of anilines is 1. The molecule has 8 heteroatoms. The van der Waals surface area contributed by atoms with Gasteiger partial charge in [-0.15, -0.1) is 0 Å². The van der Waals surface area contributed by atoms with E-state index in [1.807, 2.05) is 0 Å². The summed E-state index contributed by atoms with van der Waals surface area (Å²) in [5, 5.41) is 7.92. The molecule has 2 aromatic heterocycles. The summed E-state index contributed by atoms with van der Waals surface area (Å²) in [6.45, 7) is 0. The van der Waals surface area contributed by atoms with Gasteiger partial charge < -0.3 is 5.32 Å². The summed E-state index contributed by atoms with van der Waals surface area (Å²) < 4.78 is 12.9. The van der Waals surface area contributed by atoms with E-state index < -0.39 is 17.3 Å². The van der Waals surface area contributed by atoms with Crippen molar-refractivity contribution in [1.82, 2.24) is 15.2 Å². The SMILES string of the molecule is O=C(Nc1ccc(=O)[nH]n1)c1cc(F)cnc1Cl. The molecule has 2 N–H and O–H groups in total. The van der Waals surface area contributed by atoms with Crippen molar-refractivity contribution < 1.29 is 9.18 Å². The molecule has 0 aliphatic carbocycles. The number of nitrogens with zero attached hydrogens (tertiary/aromatic N) is 2. The van der Waals surface area contributed by atoms with Crippen LogP contribution in [0.15, 0.2) is 29.2 Å². The van der Waals surface area contributed by atoms with Gasteiger partial charge in [-0.05, 0) is 12.1 Å². The molecule has 0 aliphatic heterocycles. The Balaban J connectivity index is 2.24. The number of aromatic nitrogens is 3. The third kappa shape index (κ3) is 2.69. The Kier molecular flexibility index (Phi) is 3.33. The van der Waals surface area contributed by atoms with Gasteiger partial charge in [-0.2, -0.15) is 5.10 Å². The molecule has 0 aromatic carbocycles. The molecule has 92 valence electrons. The van der Waals surface area contributed by atoms with E-state index in [-0.39, 0.29) is 16.5 Å². The molecule has 0 saturated heterocycles. The Bertz CT molecular complexity index is 638. The summed E-state index contributed by atoms with van der Waals surface area (Å²) in [4.78, 5) is 26.0. The minimum absolute atomic E-state index is 0.111. The zero-order chi connectivity index (χ0) is 13.1. The summed E-state index contributed by atoms with van der Waals surface area (Å²) in [5.41, 5.74) is -0.525. The summed E-state index contributed by atoms with van der Waals surface area (Å²) in [6.07, 6.45) is 0.900. The Morgan fingerprint density at radius 2 is 2.22 bits per heavy atom. The first-order valence-electron chi connectivity index (χ1n) is 4.74. The number of amides is 1. The summed E-state index contributed by atoms with van der Waals surface area (Å²) in [5.74, 6) is -1.24. The van der Waals surface area contributed by atoms with Crippen LogP contribution in [0.4, 0.5) is 10.2 Å². The van der Waals surface area contributed by atoms with Crippen molar-refractivity contribution in [2.45, 2.75) is 0 Å².